The van der Waals surface area contributed by atoms with Crippen LogP contribution in [-0.4, -0.2) is 46.4 Å². The van der Waals surface area contributed by atoms with E-state index in [2.05, 4.69) is 21.4 Å². The van der Waals surface area contributed by atoms with Gasteiger partial charge >= 0.3 is 0 Å². The predicted molar refractivity (Wildman–Crippen MR) is 107 cm³/mol. The molecule has 1 fully saturated rings. The van der Waals surface area contributed by atoms with Crippen LogP contribution in [0.25, 0.3) is 12.2 Å². The van der Waals surface area contributed by atoms with E-state index in [1.54, 1.807) is 35.9 Å². The number of likely N-dealkylation sites (tertiary alicyclic amines) is 1. The van der Waals surface area contributed by atoms with E-state index in [1.165, 1.54) is 5.57 Å². The summed E-state index contributed by atoms with van der Waals surface area (Å²) in [7, 11) is 0. The average molecular weight is 396 g/mol. The predicted octanol–water partition coefficient (Wildman–Crippen LogP) is 2.73. The molecule has 4 heterocycles. The summed E-state index contributed by atoms with van der Waals surface area (Å²) < 4.78 is 5.30. The van der Waals surface area contributed by atoms with Crippen molar-refractivity contribution in [3.8, 4) is 0 Å². The fourth-order valence-electron chi connectivity index (χ4n) is 3.18. The Hall–Kier alpha value is -2.84. The Morgan fingerprint density at radius 1 is 1.25 bits per heavy atom. The summed E-state index contributed by atoms with van der Waals surface area (Å²) in [5.41, 5.74) is 2.93. The lowest BCUT2D eigenvalue weighted by molar-refractivity contribution is -0.126. The zero-order valence-electron chi connectivity index (χ0n) is 15.3. The van der Waals surface area contributed by atoms with Gasteiger partial charge in [-0.05, 0) is 36.6 Å². The van der Waals surface area contributed by atoms with Gasteiger partial charge in [-0.15, -0.1) is 11.3 Å². The molecule has 0 saturated carbocycles. The van der Waals surface area contributed by atoms with Gasteiger partial charge in [0.1, 0.15) is 17.4 Å². The van der Waals surface area contributed by atoms with Gasteiger partial charge in [0.2, 0.25) is 5.91 Å². The molecule has 0 aliphatic carbocycles. The lowest BCUT2D eigenvalue weighted by Gasteiger charge is -2.27. The number of thiazole rings is 1. The minimum atomic E-state index is -0.210. The van der Waals surface area contributed by atoms with E-state index in [4.69, 9.17) is 4.74 Å². The highest BCUT2D eigenvalue weighted by molar-refractivity contribution is 7.10. The van der Waals surface area contributed by atoms with Crippen molar-refractivity contribution in [3.05, 3.63) is 51.6 Å². The third-order valence-corrected chi connectivity index (χ3v) is 5.37. The van der Waals surface area contributed by atoms with Crippen molar-refractivity contribution >= 4 is 41.1 Å². The quantitative estimate of drug-likeness (QED) is 0.807. The molecule has 7 nitrogen and oxygen atoms in total. The van der Waals surface area contributed by atoms with Crippen molar-refractivity contribution < 1.29 is 14.3 Å². The Bertz CT molecular complexity index is 927. The molecule has 144 valence electrons. The maximum absolute atomic E-state index is 12.5. The molecule has 0 unspecified atom stereocenters. The van der Waals surface area contributed by atoms with Crippen molar-refractivity contribution in [3.63, 3.8) is 0 Å². The Kier molecular flexibility index (Phi) is 5.59. The molecule has 4 rings (SSSR count). The van der Waals surface area contributed by atoms with Crippen LogP contribution in [0.5, 0.6) is 0 Å². The van der Waals surface area contributed by atoms with E-state index in [-0.39, 0.29) is 18.4 Å². The first-order chi connectivity index (χ1) is 13.7. The van der Waals surface area contributed by atoms with Crippen LogP contribution in [0, 0.1) is 0 Å². The highest BCUT2D eigenvalue weighted by Crippen LogP contribution is 2.21. The molecule has 2 amide bonds. The number of amides is 2. The minimum Gasteiger partial charge on any atom is -0.367 e. The highest BCUT2D eigenvalue weighted by atomic mass is 32.1. The molecule has 0 spiro atoms. The number of carbonyl (C=O) groups is 2. The first kappa shape index (κ1) is 18.5. The number of carbonyl (C=O) groups excluding carboxylic acids is 2. The lowest BCUT2D eigenvalue weighted by atomic mass is 10.0. The second-order valence-corrected chi connectivity index (χ2v) is 7.58. The number of nitrogens with zero attached hydrogens (tertiary/aromatic N) is 3. The van der Waals surface area contributed by atoms with Crippen molar-refractivity contribution in [2.75, 3.05) is 25.0 Å². The lowest BCUT2D eigenvalue weighted by Crippen LogP contribution is -2.35. The van der Waals surface area contributed by atoms with E-state index in [0.29, 0.717) is 25.5 Å². The van der Waals surface area contributed by atoms with Gasteiger partial charge in [-0.25, -0.2) is 9.97 Å². The number of ether oxygens (including phenoxy) is 1. The van der Waals surface area contributed by atoms with Crippen LogP contribution < -0.4 is 5.32 Å². The maximum Gasteiger partial charge on any atom is 0.251 e. The van der Waals surface area contributed by atoms with Gasteiger partial charge in [0.05, 0.1) is 6.61 Å². The van der Waals surface area contributed by atoms with E-state index in [9.17, 15) is 9.59 Å². The molecule has 1 N–H and O–H groups in total. The first-order valence-electron chi connectivity index (χ1n) is 9.10. The number of rotatable bonds is 3. The standard InChI is InChI=1S/C20H20N4O3S/c25-17-13-27-12-16-9-15(11-22-20(16)23-17)1-2-19(26)24-6-3-14(4-7-24)10-18-21-5-8-28-18/h1-2,5,8-11H,3-4,6-7,12-13H2,(H,22,23,25)/b2-1+. The molecule has 8 heteroatoms. The summed E-state index contributed by atoms with van der Waals surface area (Å²) in [4.78, 5) is 34.4. The molecule has 0 radical (unpaired) electrons. The zero-order chi connectivity index (χ0) is 19.3. The number of anilines is 1. The van der Waals surface area contributed by atoms with Gasteiger partial charge in [0, 0.05) is 42.5 Å². The molecular weight excluding hydrogens is 376 g/mol. The van der Waals surface area contributed by atoms with Crippen molar-refractivity contribution in [1.29, 1.82) is 0 Å². The molecule has 2 aromatic rings. The Balaban J connectivity index is 1.36. The summed E-state index contributed by atoms with van der Waals surface area (Å²) in [6.07, 6.45) is 10.6. The van der Waals surface area contributed by atoms with E-state index in [1.807, 2.05) is 16.3 Å². The van der Waals surface area contributed by atoms with Crippen LogP contribution in [0.4, 0.5) is 5.82 Å². The van der Waals surface area contributed by atoms with Crippen molar-refractivity contribution in [1.82, 2.24) is 14.9 Å². The fraction of sp³-hybridized carbons (Fsp3) is 0.300. The van der Waals surface area contributed by atoms with Crippen LogP contribution in [0.2, 0.25) is 0 Å². The zero-order valence-corrected chi connectivity index (χ0v) is 16.1. The van der Waals surface area contributed by atoms with Crippen LogP contribution in [-0.2, 0) is 20.9 Å². The van der Waals surface area contributed by atoms with Crippen LogP contribution in [0.3, 0.4) is 0 Å². The normalized spacial score (nSPS) is 17.2. The molecule has 1 saturated heterocycles. The van der Waals surface area contributed by atoms with E-state index >= 15 is 0 Å². The highest BCUT2D eigenvalue weighted by Gasteiger charge is 2.18. The Morgan fingerprint density at radius 2 is 2.11 bits per heavy atom. The Morgan fingerprint density at radius 3 is 2.89 bits per heavy atom. The number of pyridine rings is 1. The number of piperidine rings is 1. The Labute approximate surface area is 166 Å². The molecule has 0 atom stereocenters. The molecule has 2 aromatic heterocycles. The molecule has 28 heavy (non-hydrogen) atoms. The van der Waals surface area contributed by atoms with Crippen LogP contribution >= 0.6 is 11.3 Å². The largest absolute Gasteiger partial charge is 0.367 e. The van der Waals surface area contributed by atoms with Gasteiger partial charge in [0.15, 0.2) is 0 Å². The number of hydrogen-bond donors (Lipinski definition) is 1. The second kappa shape index (κ2) is 8.45. The smallest absolute Gasteiger partial charge is 0.251 e. The summed E-state index contributed by atoms with van der Waals surface area (Å²) in [6, 6.07) is 1.88. The van der Waals surface area contributed by atoms with E-state index in [0.717, 1.165) is 29.0 Å². The molecule has 0 bridgehead atoms. The average Bonchev–Trinajstić information content (AvgIpc) is 3.14. The van der Waals surface area contributed by atoms with Gasteiger partial charge in [-0.1, -0.05) is 5.57 Å². The molecule has 2 aliphatic rings. The summed E-state index contributed by atoms with van der Waals surface area (Å²) in [5, 5.41) is 5.69. The van der Waals surface area contributed by atoms with Crippen molar-refractivity contribution in [2.45, 2.75) is 19.4 Å². The monoisotopic (exact) mass is 396 g/mol. The molecular formula is C20H20N4O3S. The van der Waals surface area contributed by atoms with Gasteiger partial charge in [-0.2, -0.15) is 0 Å². The topological polar surface area (TPSA) is 84.4 Å². The first-order valence-corrected chi connectivity index (χ1v) is 9.98. The van der Waals surface area contributed by atoms with Crippen LogP contribution in [0.15, 0.2) is 35.5 Å². The fourth-order valence-corrected chi connectivity index (χ4v) is 3.79. The maximum atomic E-state index is 12.5. The van der Waals surface area contributed by atoms with Crippen molar-refractivity contribution in [2.24, 2.45) is 0 Å². The summed E-state index contributed by atoms with van der Waals surface area (Å²) in [6.45, 7) is 1.76. The summed E-state index contributed by atoms with van der Waals surface area (Å²) in [5.74, 6) is 0.299. The SMILES string of the molecule is O=C1COCc2cc(/C=C/C(=O)N3CCC(=Cc4nccs4)CC3)cnc2N1. The van der Waals surface area contributed by atoms with Gasteiger partial charge in [0.25, 0.3) is 5.91 Å². The second-order valence-electron chi connectivity index (χ2n) is 6.65. The van der Waals surface area contributed by atoms with Crippen LogP contribution in [0.1, 0.15) is 29.0 Å². The molecule has 0 aromatic carbocycles. The minimum absolute atomic E-state index is 0.00667. The third kappa shape index (κ3) is 4.52. The van der Waals surface area contributed by atoms with E-state index < -0.39 is 0 Å². The summed E-state index contributed by atoms with van der Waals surface area (Å²) >= 11 is 1.62. The number of hydrogen-bond acceptors (Lipinski definition) is 6. The number of nitrogens with one attached hydrogen (secondary N) is 1. The molecule has 2 aliphatic heterocycles. The van der Waals surface area contributed by atoms with Gasteiger partial charge < -0.3 is 15.0 Å². The third-order valence-electron chi connectivity index (χ3n) is 4.65. The van der Waals surface area contributed by atoms with Gasteiger partial charge in [-0.3, -0.25) is 9.59 Å². The number of fused-ring (bicyclic) bond motifs is 1. The number of aromatic nitrogens is 2.